The standard InChI is InChI=1S/C7H8O3/c1-2-5(8)6-3-4-7(9)10-6/h3-4,9H,2H2,1H3. The van der Waals surface area contributed by atoms with Gasteiger partial charge in [0.05, 0.1) is 0 Å². The molecule has 0 amide bonds. The molecule has 1 aromatic rings. The van der Waals surface area contributed by atoms with Crippen molar-refractivity contribution in [2.45, 2.75) is 13.3 Å². The van der Waals surface area contributed by atoms with Gasteiger partial charge in [0.25, 0.3) is 5.95 Å². The Morgan fingerprint density at radius 2 is 2.40 bits per heavy atom. The fraction of sp³-hybridized carbons (Fsp3) is 0.286. The lowest BCUT2D eigenvalue weighted by atomic mass is 10.2. The molecule has 0 spiro atoms. The molecule has 0 bridgehead atoms. The first-order chi connectivity index (χ1) is 4.74. The second kappa shape index (κ2) is 2.56. The van der Waals surface area contributed by atoms with Crippen LogP contribution in [0.1, 0.15) is 23.9 Å². The molecule has 10 heavy (non-hydrogen) atoms. The Morgan fingerprint density at radius 3 is 2.80 bits per heavy atom. The molecule has 0 aliphatic carbocycles. The van der Waals surface area contributed by atoms with Crippen LogP contribution in [0, 0.1) is 0 Å². The van der Waals surface area contributed by atoms with E-state index in [1.54, 1.807) is 6.92 Å². The summed E-state index contributed by atoms with van der Waals surface area (Å²) in [6.45, 7) is 1.74. The number of carbonyl (C=O) groups excluding carboxylic acids is 1. The smallest absolute Gasteiger partial charge is 0.282 e. The minimum atomic E-state index is -0.211. The first-order valence-electron chi connectivity index (χ1n) is 3.06. The van der Waals surface area contributed by atoms with E-state index in [9.17, 15) is 4.79 Å². The minimum absolute atomic E-state index is 0.0969. The van der Waals surface area contributed by atoms with Crippen LogP contribution >= 0.6 is 0 Å². The summed E-state index contributed by atoms with van der Waals surface area (Å²) < 4.78 is 4.64. The van der Waals surface area contributed by atoms with Gasteiger partial charge in [0.15, 0.2) is 11.5 Å². The third-order valence-electron chi connectivity index (χ3n) is 1.19. The van der Waals surface area contributed by atoms with E-state index in [4.69, 9.17) is 5.11 Å². The molecule has 0 saturated heterocycles. The first kappa shape index (κ1) is 6.86. The first-order valence-corrected chi connectivity index (χ1v) is 3.06. The predicted molar refractivity (Wildman–Crippen MR) is 35.0 cm³/mol. The van der Waals surface area contributed by atoms with Gasteiger partial charge in [-0.05, 0) is 6.07 Å². The van der Waals surface area contributed by atoms with Crippen molar-refractivity contribution in [2.75, 3.05) is 0 Å². The van der Waals surface area contributed by atoms with E-state index in [1.807, 2.05) is 0 Å². The molecular weight excluding hydrogens is 132 g/mol. The van der Waals surface area contributed by atoms with Crippen molar-refractivity contribution >= 4 is 5.78 Å². The number of hydrogen-bond donors (Lipinski definition) is 1. The highest BCUT2D eigenvalue weighted by molar-refractivity contribution is 5.93. The summed E-state index contributed by atoms with van der Waals surface area (Å²) in [4.78, 5) is 10.8. The van der Waals surface area contributed by atoms with Crippen LogP contribution in [0.25, 0.3) is 0 Å². The molecule has 0 fully saturated rings. The van der Waals surface area contributed by atoms with Gasteiger partial charge >= 0.3 is 0 Å². The fourth-order valence-corrected chi connectivity index (χ4v) is 0.652. The van der Waals surface area contributed by atoms with Gasteiger partial charge in [-0.15, -0.1) is 0 Å². The van der Waals surface area contributed by atoms with E-state index in [1.165, 1.54) is 12.1 Å². The zero-order valence-corrected chi connectivity index (χ0v) is 5.63. The van der Waals surface area contributed by atoms with Crippen LogP contribution in [0.5, 0.6) is 5.95 Å². The fourth-order valence-electron chi connectivity index (χ4n) is 0.652. The zero-order valence-electron chi connectivity index (χ0n) is 5.63. The van der Waals surface area contributed by atoms with E-state index in [2.05, 4.69) is 4.42 Å². The Kier molecular flexibility index (Phi) is 1.76. The highest BCUT2D eigenvalue weighted by Gasteiger charge is 2.06. The lowest BCUT2D eigenvalue weighted by molar-refractivity contribution is 0.0955. The summed E-state index contributed by atoms with van der Waals surface area (Å²) in [5, 5.41) is 8.68. The molecule has 0 aliphatic heterocycles. The molecule has 1 rings (SSSR count). The van der Waals surface area contributed by atoms with Gasteiger partial charge in [-0.1, -0.05) is 6.92 Å². The molecule has 0 aromatic carbocycles. The number of carbonyl (C=O) groups is 1. The highest BCUT2D eigenvalue weighted by Crippen LogP contribution is 2.14. The van der Waals surface area contributed by atoms with Crippen LogP contribution < -0.4 is 0 Å². The van der Waals surface area contributed by atoms with Crippen LogP contribution in [0.4, 0.5) is 0 Å². The second-order valence-electron chi connectivity index (χ2n) is 1.91. The number of hydrogen-bond acceptors (Lipinski definition) is 3. The van der Waals surface area contributed by atoms with Crippen molar-refractivity contribution in [1.82, 2.24) is 0 Å². The van der Waals surface area contributed by atoms with Crippen molar-refractivity contribution in [2.24, 2.45) is 0 Å². The van der Waals surface area contributed by atoms with Gasteiger partial charge in [-0.25, -0.2) is 0 Å². The number of furan rings is 1. The Morgan fingerprint density at radius 1 is 1.70 bits per heavy atom. The average molecular weight is 140 g/mol. The largest absolute Gasteiger partial charge is 0.481 e. The van der Waals surface area contributed by atoms with Gasteiger partial charge in [0.1, 0.15) is 0 Å². The van der Waals surface area contributed by atoms with Crippen LogP contribution in [0.15, 0.2) is 16.5 Å². The van der Waals surface area contributed by atoms with E-state index < -0.39 is 0 Å². The Bertz CT molecular complexity index is 237. The van der Waals surface area contributed by atoms with Crippen LogP contribution in [-0.2, 0) is 0 Å². The molecule has 0 radical (unpaired) electrons. The zero-order chi connectivity index (χ0) is 7.56. The monoisotopic (exact) mass is 140 g/mol. The van der Waals surface area contributed by atoms with Gasteiger partial charge in [-0.2, -0.15) is 0 Å². The molecule has 0 atom stereocenters. The summed E-state index contributed by atoms with van der Waals surface area (Å²) >= 11 is 0. The number of ketones is 1. The maximum Gasteiger partial charge on any atom is 0.282 e. The normalized spacial score (nSPS) is 9.70. The second-order valence-corrected chi connectivity index (χ2v) is 1.91. The Hall–Kier alpha value is -1.25. The van der Waals surface area contributed by atoms with Crippen molar-refractivity contribution in [1.29, 1.82) is 0 Å². The Balaban J connectivity index is 2.85. The summed E-state index contributed by atoms with van der Waals surface area (Å²) in [6.07, 6.45) is 0.396. The van der Waals surface area contributed by atoms with Crippen molar-refractivity contribution in [3.8, 4) is 5.95 Å². The molecular formula is C7H8O3. The number of aromatic hydroxyl groups is 1. The molecule has 54 valence electrons. The minimum Gasteiger partial charge on any atom is -0.481 e. The van der Waals surface area contributed by atoms with Gasteiger partial charge in [-0.3, -0.25) is 4.79 Å². The van der Waals surface area contributed by atoms with Crippen LogP contribution in [0.2, 0.25) is 0 Å². The molecule has 1 aromatic heterocycles. The van der Waals surface area contributed by atoms with Crippen molar-refractivity contribution < 1.29 is 14.3 Å². The molecule has 3 heteroatoms. The van der Waals surface area contributed by atoms with Crippen molar-refractivity contribution in [3.05, 3.63) is 17.9 Å². The average Bonchev–Trinajstić information content (AvgIpc) is 2.34. The molecule has 1 N–H and O–H groups in total. The molecule has 0 unspecified atom stereocenters. The predicted octanol–water partition coefficient (Wildman–Crippen LogP) is 1.58. The van der Waals surface area contributed by atoms with Crippen LogP contribution in [-0.4, -0.2) is 10.9 Å². The summed E-state index contributed by atoms with van der Waals surface area (Å²) in [5.41, 5.74) is 0. The maximum atomic E-state index is 10.8. The van der Waals surface area contributed by atoms with Crippen molar-refractivity contribution in [3.63, 3.8) is 0 Å². The summed E-state index contributed by atoms with van der Waals surface area (Å²) in [6, 6.07) is 2.81. The summed E-state index contributed by atoms with van der Waals surface area (Å²) in [5.74, 6) is -0.0860. The topological polar surface area (TPSA) is 50.4 Å². The molecule has 0 aliphatic rings. The molecule has 1 heterocycles. The summed E-state index contributed by atoms with van der Waals surface area (Å²) in [7, 11) is 0. The van der Waals surface area contributed by atoms with Crippen LogP contribution in [0.3, 0.4) is 0 Å². The molecule has 0 saturated carbocycles. The Labute approximate surface area is 58.3 Å². The quantitative estimate of drug-likeness (QED) is 0.634. The number of Topliss-reactive ketones (excluding diaryl/α,β-unsaturated/α-hetero) is 1. The lowest BCUT2D eigenvalue weighted by Crippen LogP contribution is -1.91. The number of rotatable bonds is 2. The van der Waals surface area contributed by atoms with Gasteiger partial charge < -0.3 is 9.52 Å². The van der Waals surface area contributed by atoms with Gasteiger partial charge in [0.2, 0.25) is 0 Å². The maximum absolute atomic E-state index is 10.8. The highest BCUT2D eigenvalue weighted by atomic mass is 16.5. The van der Waals surface area contributed by atoms with E-state index in [-0.39, 0.29) is 17.5 Å². The SMILES string of the molecule is CCC(=O)c1ccc(O)o1. The van der Waals surface area contributed by atoms with E-state index in [0.717, 1.165) is 0 Å². The van der Waals surface area contributed by atoms with Gasteiger partial charge in [0, 0.05) is 12.5 Å². The van der Waals surface area contributed by atoms with E-state index in [0.29, 0.717) is 6.42 Å². The molecule has 3 nitrogen and oxygen atoms in total. The van der Waals surface area contributed by atoms with E-state index >= 15 is 0 Å². The third kappa shape index (κ3) is 1.18. The lowest BCUT2D eigenvalue weighted by Gasteiger charge is -1.87. The third-order valence-corrected chi connectivity index (χ3v) is 1.19.